The highest BCUT2D eigenvalue weighted by Crippen LogP contribution is 2.12. The predicted molar refractivity (Wildman–Crippen MR) is 56.8 cm³/mol. The van der Waals surface area contributed by atoms with Crippen molar-refractivity contribution in [3.63, 3.8) is 0 Å². The van der Waals surface area contributed by atoms with Crippen molar-refractivity contribution in [1.82, 2.24) is 9.80 Å². The van der Waals surface area contributed by atoms with Gasteiger partial charge in [-0.1, -0.05) is 6.92 Å². The summed E-state index contributed by atoms with van der Waals surface area (Å²) in [6.07, 6.45) is 1.26. The topological polar surface area (TPSA) is 32.5 Å². The molecule has 0 amide bonds. The second-order valence-electron chi connectivity index (χ2n) is 4.10. The average Bonchev–Trinajstić information content (AvgIpc) is 2.27. The van der Waals surface area contributed by atoms with Crippen LogP contribution in [-0.4, -0.2) is 55.1 Å². The first kappa shape index (κ1) is 11.0. The third-order valence-electron chi connectivity index (χ3n) is 3.28. The molecule has 1 aliphatic rings. The smallest absolute Gasteiger partial charge is 0.0345 e. The molecular formula is C10H23N3. The lowest BCUT2D eigenvalue weighted by molar-refractivity contribution is 0.194. The van der Waals surface area contributed by atoms with Gasteiger partial charge in [0.2, 0.25) is 0 Å². The molecule has 2 unspecified atom stereocenters. The van der Waals surface area contributed by atoms with E-state index in [4.69, 9.17) is 5.73 Å². The predicted octanol–water partition coefficient (Wildman–Crippen LogP) is 0.360. The van der Waals surface area contributed by atoms with Crippen molar-refractivity contribution >= 4 is 0 Å². The van der Waals surface area contributed by atoms with Crippen molar-refractivity contribution < 1.29 is 0 Å². The molecule has 1 rings (SSSR count). The molecule has 13 heavy (non-hydrogen) atoms. The number of nitrogens with two attached hydrogens (primary N) is 1. The van der Waals surface area contributed by atoms with Crippen LogP contribution in [0.1, 0.15) is 20.3 Å². The van der Waals surface area contributed by atoms with Crippen LogP contribution in [0.3, 0.4) is 0 Å². The molecule has 3 nitrogen and oxygen atoms in total. The molecule has 2 N–H and O–H groups in total. The minimum Gasteiger partial charge on any atom is -0.329 e. The lowest BCUT2D eigenvalue weighted by atomic mass is 10.2. The van der Waals surface area contributed by atoms with E-state index in [9.17, 15) is 0 Å². The van der Waals surface area contributed by atoms with Crippen molar-refractivity contribution in [3.05, 3.63) is 0 Å². The van der Waals surface area contributed by atoms with Crippen LogP contribution in [0.4, 0.5) is 0 Å². The highest BCUT2D eigenvalue weighted by atomic mass is 15.2. The van der Waals surface area contributed by atoms with Crippen LogP contribution in [0.15, 0.2) is 0 Å². The molecule has 0 aliphatic carbocycles. The van der Waals surface area contributed by atoms with Gasteiger partial charge in [0.15, 0.2) is 0 Å². The van der Waals surface area contributed by atoms with Crippen molar-refractivity contribution in [2.75, 3.05) is 33.2 Å². The van der Waals surface area contributed by atoms with E-state index < -0.39 is 0 Å². The second kappa shape index (κ2) is 4.94. The van der Waals surface area contributed by atoms with Gasteiger partial charge in [0.1, 0.15) is 0 Å². The molecule has 3 heteroatoms. The maximum Gasteiger partial charge on any atom is 0.0345 e. The van der Waals surface area contributed by atoms with Crippen molar-refractivity contribution in [2.45, 2.75) is 32.4 Å². The van der Waals surface area contributed by atoms with Gasteiger partial charge in [-0.15, -0.1) is 0 Å². The van der Waals surface area contributed by atoms with Crippen LogP contribution in [0.25, 0.3) is 0 Å². The molecule has 1 heterocycles. The van der Waals surface area contributed by atoms with Gasteiger partial charge in [0, 0.05) is 25.2 Å². The van der Waals surface area contributed by atoms with Crippen LogP contribution in [0.5, 0.6) is 0 Å². The Kier molecular flexibility index (Phi) is 4.16. The third-order valence-corrected chi connectivity index (χ3v) is 3.28. The van der Waals surface area contributed by atoms with E-state index in [0.29, 0.717) is 12.1 Å². The molecule has 78 valence electrons. The quantitative estimate of drug-likeness (QED) is 0.674. The number of rotatable bonds is 2. The van der Waals surface area contributed by atoms with Crippen LogP contribution in [0.2, 0.25) is 0 Å². The summed E-state index contributed by atoms with van der Waals surface area (Å²) in [5.41, 5.74) is 5.78. The van der Waals surface area contributed by atoms with Crippen LogP contribution in [-0.2, 0) is 0 Å². The fourth-order valence-corrected chi connectivity index (χ4v) is 2.02. The monoisotopic (exact) mass is 185 g/mol. The molecule has 1 saturated heterocycles. The van der Waals surface area contributed by atoms with Gasteiger partial charge < -0.3 is 10.6 Å². The van der Waals surface area contributed by atoms with Gasteiger partial charge in [-0.2, -0.15) is 0 Å². The number of hydrogen-bond donors (Lipinski definition) is 1. The lowest BCUT2D eigenvalue weighted by Crippen LogP contribution is -2.45. The van der Waals surface area contributed by atoms with Gasteiger partial charge in [-0.25, -0.2) is 0 Å². The molecule has 1 fully saturated rings. The van der Waals surface area contributed by atoms with Gasteiger partial charge in [0.25, 0.3) is 0 Å². The first-order chi connectivity index (χ1) is 6.19. The Morgan fingerprint density at radius 2 is 2.15 bits per heavy atom. The molecule has 0 aromatic rings. The van der Waals surface area contributed by atoms with E-state index in [2.05, 4.69) is 30.7 Å². The SMILES string of the molecule is CCN1CCC(C)N(C)CC1CN. The zero-order chi connectivity index (χ0) is 9.84. The Bertz CT molecular complexity index is 149. The molecule has 0 saturated carbocycles. The zero-order valence-electron chi connectivity index (χ0n) is 9.16. The van der Waals surface area contributed by atoms with Crippen molar-refractivity contribution in [3.8, 4) is 0 Å². The van der Waals surface area contributed by atoms with E-state index >= 15 is 0 Å². The Hall–Kier alpha value is -0.120. The molecule has 2 atom stereocenters. The van der Waals surface area contributed by atoms with Crippen LogP contribution in [0, 0.1) is 0 Å². The summed E-state index contributed by atoms with van der Waals surface area (Å²) >= 11 is 0. The minimum absolute atomic E-state index is 0.556. The van der Waals surface area contributed by atoms with Gasteiger partial charge in [0.05, 0.1) is 0 Å². The van der Waals surface area contributed by atoms with E-state index in [1.165, 1.54) is 13.0 Å². The summed E-state index contributed by atoms with van der Waals surface area (Å²) in [5.74, 6) is 0. The molecule has 0 radical (unpaired) electrons. The molecule has 0 spiro atoms. The molecule has 1 aliphatic heterocycles. The molecular weight excluding hydrogens is 162 g/mol. The lowest BCUT2D eigenvalue weighted by Gasteiger charge is -2.29. The first-order valence-corrected chi connectivity index (χ1v) is 5.33. The van der Waals surface area contributed by atoms with E-state index in [0.717, 1.165) is 19.6 Å². The molecule has 0 aromatic heterocycles. The van der Waals surface area contributed by atoms with E-state index in [1.54, 1.807) is 0 Å². The Morgan fingerprint density at radius 3 is 2.69 bits per heavy atom. The van der Waals surface area contributed by atoms with E-state index in [-0.39, 0.29) is 0 Å². The highest BCUT2D eigenvalue weighted by Gasteiger charge is 2.24. The molecule has 0 bridgehead atoms. The van der Waals surface area contributed by atoms with Gasteiger partial charge >= 0.3 is 0 Å². The number of likely N-dealkylation sites (N-methyl/N-ethyl adjacent to an activating group) is 2. The van der Waals surface area contributed by atoms with Crippen molar-refractivity contribution in [1.29, 1.82) is 0 Å². The average molecular weight is 185 g/mol. The maximum atomic E-state index is 5.78. The maximum absolute atomic E-state index is 5.78. The van der Waals surface area contributed by atoms with Crippen LogP contribution < -0.4 is 5.73 Å². The first-order valence-electron chi connectivity index (χ1n) is 5.33. The molecule has 0 aromatic carbocycles. The normalized spacial score (nSPS) is 33.2. The summed E-state index contributed by atoms with van der Waals surface area (Å²) < 4.78 is 0. The van der Waals surface area contributed by atoms with Crippen molar-refractivity contribution in [2.24, 2.45) is 5.73 Å². The Labute approximate surface area is 81.9 Å². The van der Waals surface area contributed by atoms with Crippen LogP contribution >= 0.6 is 0 Å². The Balaban J connectivity index is 2.58. The fraction of sp³-hybridized carbons (Fsp3) is 1.00. The second-order valence-corrected chi connectivity index (χ2v) is 4.10. The number of hydrogen-bond acceptors (Lipinski definition) is 3. The zero-order valence-corrected chi connectivity index (χ0v) is 9.16. The summed E-state index contributed by atoms with van der Waals surface area (Å²) in [7, 11) is 2.20. The summed E-state index contributed by atoms with van der Waals surface area (Å²) in [6, 6.07) is 1.26. The largest absolute Gasteiger partial charge is 0.329 e. The summed E-state index contributed by atoms with van der Waals surface area (Å²) in [5, 5.41) is 0. The minimum atomic E-state index is 0.556. The standard InChI is InChI=1S/C10H23N3/c1-4-13-6-5-9(2)12(3)8-10(13)7-11/h9-10H,4-8,11H2,1-3H3. The van der Waals surface area contributed by atoms with Gasteiger partial charge in [-0.05, 0) is 33.5 Å². The van der Waals surface area contributed by atoms with E-state index in [1.807, 2.05) is 0 Å². The Morgan fingerprint density at radius 1 is 1.46 bits per heavy atom. The van der Waals surface area contributed by atoms with Gasteiger partial charge in [-0.3, -0.25) is 4.90 Å². The fourth-order valence-electron chi connectivity index (χ4n) is 2.02. The summed E-state index contributed by atoms with van der Waals surface area (Å²) in [6.45, 7) is 8.74. The summed E-state index contributed by atoms with van der Waals surface area (Å²) in [4.78, 5) is 4.92. The third kappa shape index (κ3) is 2.66. The number of nitrogens with zero attached hydrogens (tertiary/aromatic N) is 2. The highest BCUT2D eigenvalue weighted by molar-refractivity contribution is 4.81.